The van der Waals surface area contributed by atoms with Gasteiger partial charge in [0.15, 0.2) is 5.82 Å². The largest absolute Gasteiger partial charge is 0.495 e. The second kappa shape index (κ2) is 10.1. The molecular formula is C22H20BrClN4OS2. The number of aromatic nitrogens is 3. The normalized spacial score (nSPS) is 12.8. The third-order valence-electron chi connectivity index (χ3n) is 4.81. The van der Waals surface area contributed by atoms with Gasteiger partial charge in [-0.1, -0.05) is 58.5 Å². The summed E-state index contributed by atoms with van der Waals surface area (Å²) >= 11 is 14.9. The van der Waals surface area contributed by atoms with Gasteiger partial charge in [-0.05, 0) is 66.1 Å². The molecule has 0 amide bonds. The van der Waals surface area contributed by atoms with Crippen molar-refractivity contribution in [2.24, 2.45) is 0 Å². The highest BCUT2D eigenvalue weighted by molar-refractivity contribution is 9.10. The van der Waals surface area contributed by atoms with Crippen molar-refractivity contribution >= 4 is 57.6 Å². The van der Waals surface area contributed by atoms with E-state index in [-0.39, 0.29) is 0 Å². The van der Waals surface area contributed by atoms with E-state index in [0.29, 0.717) is 5.95 Å². The molecule has 160 valence electrons. The Balaban J connectivity index is 0.000000192. The number of hydrogen-bond acceptors (Lipinski definition) is 6. The third kappa shape index (κ3) is 5.26. The highest BCUT2D eigenvalue weighted by Crippen LogP contribution is 2.40. The van der Waals surface area contributed by atoms with Crippen LogP contribution in [-0.4, -0.2) is 21.9 Å². The Bertz CT molecular complexity index is 1150. The van der Waals surface area contributed by atoms with Crippen LogP contribution in [0.1, 0.15) is 24.3 Å². The standard InChI is InChI=1S/C13H11BrN4OS2.C9H9Cl/c1-19-10-5-4-8(14)7-9(10)18-12(11-3-2-6-21-11)15-16-13(18)17-20;10-9-5-3-8(4-6-9)7-1-2-7/h2-7,20H,1H3,(H,16,17);3-7H,1-2H2. The Hall–Kier alpha value is -2.00. The maximum Gasteiger partial charge on any atom is 0.239 e. The fraction of sp³-hybridized carbons (Fsp3) is 0.182. The first-order chi connectivity index (χ1) is 15.1. The topological polar surface area (TPSA) is 52.0 Å². The number of ether oxygens (including phenoxy) is 1. The molecule has 0 unspecified atom stereocenters. The van der Waals surface area contributed by atoms with Crippen LogP contribution >= 0.6 is 51.7 Å². The van der Waals surface area contributed by atoms with Crippen LogP contribution in [0.3, 0.4) is 0 Å². The number of nitrogens with zero attached hydrogens (tertiary/aromatic N) is 3. The van der Waals surface area contributed by atoms with Gasteiger partial charge in [0.1, 0.15) is 5.75 Å². The predicted octanol–water partition coefficient (Wildman–Crippen LogP) is 7.24. The van der Waals surface area contributed by atoms with Crippen LogP contribution in [-0.2, 0) is 0 Å². The first kappa shape index (κ1) is 22.2. The van der Waals surface area contributed by atoms with Crippen molar-refractivity contribution in [1.29, 1.82) is 0 Å². The summed E-state index contributed by atoms with van der Waals surface area (Å²) in [6.45, 7) is 0. The average molecular weight is 536 g/mol. The molecule has 5 rings (SSSR count). The van der Waals surface area contributed by atoms with Crippen LogP contribution in [0.15, 0.2) is 64.5 Å². The van der Waals surface area contributed by atoms with E-state index >= 15 is 0 Å². The molecule has 0 saturated heterocycles. The number of anilines is 1. The number of rotatable bonds is 5. The van der Waals surface area contributed by atoms with Crippen molar-refractivity contribution in [3.63, 3.8) is 0 Å². The van der Waals surface area contributed by atoms with Gasteiger partial charge in [0.05, 0.1) is 17.7 Å². The molecule has 0 radical (unpaired) electrons. The van der Waals surface area contributed by atoms with Gasteiger partial charge in [-0.2, -0.15) is 0 Å². The van der Waals surface area contributed by atoms with Gasteiger partial charge in [0.25, 0.3) is 0 Å². The zero-order valence-corrected chi connectivity index (χ0v) is 20.7. The van der Waals surface area contributed by atoms with E-state index in [1.165, 1.54) is 18.4 Å². The molecule has 4 aromatic rings. The molecule has 1 N–H and O–H groups in total. The van der Waals surface area contributed by atoms with Gasteiger partial charge < -0.3 is 9.46 Å². The van der Waals surface area contributed by atoms with Crippen molar-refractivity contribution < 1.29 is 4.74 Å². The van der Waals surface area contributed by atoms with Crippen molar-refractivity contribution in [2.75, 3.05) is 11.8 Å². The van der Waals surface area contributed by atoms with E-state index in [9.17, 15) is 0 Å². The summed E-state index contributed by atoms with van der Waals surface area (Å²) in [5.74, 6) is 2.83. The zero-order valence-electron chi connectivity index (χ0n) is 16.6. The molecule has 2 aromatic carbocycles. The van der Waals surface area contributed by atoms with Crippen LogP contribution < -0.4 is 9.46 Å². The summed E-state index contributed by atoms with van der Waals surface area (Å²) in [5, 5.41) is 11.2. The summed E-state index contributed by atoms with van der Waals surface area (Å²) < 4.78 is 11.0. The molecule has 1 saturated carbocycles. The molecule has 31 heavy (non-hydrogen) atoms. The van der Waals surface area contributed by atoms with Gasteiger partial charge in [-0.25, -0.2) is 0 Å². The summed E-state index contributed by atoms with van der Waals surface area (Å²) in [4.78, 5) is 1.01. The van der Waals surface area contributed by atoms with Gasteiger partial charge in [-0.15, -0.1) is 21.5 Å². The van der Waals surface area contributed by atoms with Gasteiger partial charge in [0, 0.05) is 9.50 Å². The minimum atomic E-state index is 0.526. The molecule has 2 heterocycles. The zero-order chi connectivity index (χ0) is 21.8. The lowest BCUT2D eigenvalue weighted by Crippen LogP contribution is -2.03. The lowest BCUT2D eigenvalue weighted by atomic mass is 10.1. The monoisotopic (exact) mass is 534 g/mol. The molecule has 0 aliphatic heterocycles. The van der Waals surface area contributed by atoms with Crippen molar-refractivity contribution in [3.05, 3.63) is 75.0 Å². The van der Waals surface area contributed by atoms with E-state index in [4.69, 9.17) is 16.3 Å². The maximum atomic E-state index is 5.74. The highest BCUT2D eigenvalue weighted by Gasteiger charge is 2.22. The van der Waals surface area contributed by atoms with Crippen molar-refractivity contribution in [2.45, 2.75) is 18.8 Å². The Morgan fingerprint density at radius 3 is 2.55 bits per heavy atom. The predicted molar refractivity (Wildman–Crippen MR) is 135 cm³/mol. The van der Waals surface area contributed by atoms with Crippen LogP contribution in [0.5, 0.6) is 5.75 Å². The van der Waals surface area contributed by atoms with Crippen molar-refractivity contribution in [3.8, 4) is 22.1 Å². The fourth-order valence-electron chi connectivity index (χ4n) is 3.14. The minimum Gasteiger partial charge on any atom is -0.495 e. The van der Waals surface area contributed by atoms with Crippen LogP contribution in [0.2, 0.25) is 5.02 Å². The Labute approximate surface area is 204 Å². The van der Waals surface area contributed by atoms with Crippen molar-refractivity contribution in [1.82, 2.24) is 14.8 Å². The summed E-state index contributed by atoms with van der Waals surface area (Å²) in [5.41, 5.74) is 2.28. The molecule has 0 bridgehead atoms. The lowest BCUT2D eigenvalue weighted by Gasteiger charge is -2.13. The van der Waals surface area contributed by atoms with E-state index in [2.05, 4.69) is 55.8 Å². The van der Waals surface area contributed by atoms with E-state index < -0.39 is 0 Å². The van der Waals surface area contributed by atoms with E-state index in [1.54, 1.807) is 18.4 Å². The van der Waals surface area contributed by atoms with E-state index in [0.717, 1.165) is 37.6 Å². The van der Waals surface area contributed by atoms with Gasteiger partial charge >= 0.3 is 0 Å². The lowest BCUT2D eigenvalue weighted by molar-refractivity contribution is 0.413. The number of halogens is 2. The number of thiol groups is 1. The Morgan fingerprint density at radius 1 is 1.16 bits per heavy atom. The smallest absolute Gasteiger partial charge is 0.239 e. The van der Waals surface area contributed by atoms with E-state index in [1.807, 2.05) is 52.4 Å². The highest BCUT2D eigenvalue weighted by atomic mass is 79.9. The first-order valence-corrected chi connectivity index (χ1v) is 12.1. The first-order valence-electron chi connectivity index (χ1n) is 9.59. The molecule has 0 spiro atoms. The molecule has 5 nitrogen and oxygen atoms in total. The minimum absolute atomic E-state index is 0.526. The molecule has 9 heteroatoms. The number of methoxy groups -OCH3 is 1. The number of thiophene rings is 1. The molecule has 1 aliphatic carbocycles. The Kier molecular flexibility index (Phi) is 7.22. The van der Waals surface area contributed by atoms with Crippen LogP contribution in [0.25, 0.3) is 16.4 Å². The number of hydrogen-bond donors (Lipinski definition) is 2. The quantitative estimate of drug-likeness (QED) is 0.264. The molecule has 1 aliphatic rings. The van der Waals surface area contributed by atoms with Crippen LogP contribution in [0, 0.1) is 0 Å². The van der Waals surface area contributed by atoms with Gasteiger partial charge in [-0.3, -0.25) is 4.57 Å². The molecule has 1 fully saturated rings. The maximum absolute atomic E-state index is 5.74. The Morgan fingerprint density at radius 2 is 1.94 bits per heavy atom. The molecule has 2 aromatic heterocycles. The SMILES string of the molecule is COc1ccc(Br)cc1-n1c(NS)nnc1-c1cccs1.Clc1ccc(C2CC2)cc1. The molecular weight excluding hydrogens is 516 g/mol. The fourth-order valence-corrected chi connectivity index (χ4v) is 4.46. The molecule has 0 atom stereocenters. The van der Waals surface area contributed by atoms with Crippen LogP contribution in [0.4, 0.5) is 5.95 Å². The number of benzene rings is 2. The average Bonchev–Trinajstić information content (AvgIpc) is 3.32. The second-order valence-electron chi connectivity index (χ2n) is 6.91. The number of nitrogens with one attached hydrogen (secondary N) is 1. The summed E-state index contributed by atoms with van der Waals surface area (Å²) in [6.07, 6.45) is 2.73. The summed E-state index contributed by atoms with van der Waals surface area (Å²) in [7, 11) is 1.63. The third-order valence-corrected chi connectivity index (χ3v) is 6.62. The van der Waals surface area contributed by atoms with Gasteiger partial charge in [0.2, 0.25) is 5.95 Å². The summed E-state index contributed by atoms with van der Waals surface area (Å²) in [6, 6.07) is 17.9. The second-order valence-corrected chi connectivity index (χ2v) is 9.44.